The molecule has 23 heavy (non-hydrogen) atoms. The minimum absolute atomic E-state index is 0.0648. The van der Waals surface area contributed by atoms with E-state index < -0.39 is 0 Å². The third-order valence-electron chi connectivity index (χ3n) is 5.31. The maximum atomic E-state index is 12.7. The van der Waals surface area contributed by atoms with E-state index in [1.54, 1.807) is 0 Å². The van der Waals surface area contributed by atoms with Crippen molar-refractivity contribution in [2.45, 2.75) is 58.8 Å². The number of hydrogen-bond donors (Lipinski definition) is 0. The molecule has 0 saturated heterocycles. The summed E-state index contributed by atoms with van der Waals surface area (Å²) in [6.07, 6.45) is 8.01. The van der Waals surface area contributed by atoms with Gasteiger partial charge in [0.15, 0.2) is 0 Å². The lowest BCUT2D eigenvalue weighted by atomic mass is 10.0. The van der Waals surface area contributed by atoms with Gasteiger partial charge in [-0.05, 0) is 40.7 Å². The first-order valence-corrected chi connectivity index (χ1v) is 8.69. The van der Waals surface area contributed by atoms with Crippen LogP contribution in [0.15, 0.2) is 18.3 Å². The highest BCUT2D eigenvalue weighted by Gasteiger charge is 2.33. The predicted molar refractivity (Wildman–Crippen MR) is 90.8 cm³/mol. The molecule has 0 fully saturated rings. The van der Waals surface area contributed by atoms with Crippen molar-refractivity contribution < 1.29 is 4.79 Å². The number of hydrogen-bond acceptors (Lipinski definition) is 3. The fourth-order valence-corrected chi connectivity index (χ4v) is 3.48. The molecule has 1 aliphatic heterocycles. The van der Waals surface area contributed by atoms with E-state index in [1.165, 1.54) is 5.69 Å². The van der Waals surface area contributed by atoms with E-state index in [4.69, 9.17) is 0 Å². The lowest BCUT2D eigenvalue weighted by Crippen LogP contribution is -2.44. The topological polar surface area (TPSA) is 41.4 Å². The molecule has 1 aliphatic carbocycles. The highest BCUT2D eigenvalue weighted by Crippen LogP contribution is 2.30. The molecule has 126 valence electrons. The second-order valence-corrected chi connectivity index (χ2v) is 7.12. The maximum absolute atomic E-state index is 12.7. The third-order valence-corrected chi connectivity index (χ3v) is 5.31. The zero-order valence-corrected chi connectivity index (χ0v) is 14.7. The molecular weight excluding hydrogens is 288 g/mol. The first kappa shape index (κ1) is 16.2. The molecule has 1 atom stereocenters. The lowest BCUT2D eigenvalue weighted by Gasteiger charge is -2.36. The summed E-state index contributed by atoms with van der Waals surface area (Å²) in [6, 6.07) is 0.574. The molecule has 1 aromatic heterocycles. The van der Waals surface area contributed by atoms with Crippen LogP contribution in [0.1, 0.15) is 51.2 Å². The van der Waals surface area contributed by atoms with E-state index >= 15 is 0 Å². The SMILES string of the molecule is CC(C)N(C)Cc1cnc2n1CCN(C(=O)C1CC=CC1)C2C. The van der Waals surface area contributed by atoms with Crippen LogP contribution in [0.25, 0.3) is 0 Å². The van der Waals surface area contributed by atoms with Crippen molar-refractivity contribution in [1.29, 1.82) is 0 Å². The van der Waals surface area contributed by atoms with Gasteiger partial charge >= 0.3 is 0 Å². The molecule has 0 aromatic carbocycles. The van der Waals surface area contributed by atoms with Gasteiger partial charge in [-0.1, -0.05) is 12.2 Å². The Morgan fingerprint density at radius 3 is 2.70 bits per heavy atom. The van der Waals surface area contributed by atoms with Crippen molar-refractivity contribution in [2.24, 2.45) is 5.92 Å². The average molecular weight is 316 g/mol. The number of carbonyl (C=O) groups excluding carboxylic acids is 1. The van der Waals surface area contributed by atoms with Crippen LogP contribution in [0.2, 0.25) is 0 Å². The molecule has 0 spiro atoms. The zero-order valence-electron chi connectivity index (χ0n) is 14.7. The van der Waals surface area contributed by atoms with E-state index in [-0.39, 0.29) is 17.9 Å². The van der Waals surface area contributed by atoms with Gasteiger partial charge in [0.05, 0.1) is 11.7 Å². The normalized spacial score (nSPS) is 21.5. The van der Waals surface area contributed by atoms with Crippen molar-refractivity contribution in [3.8, 4) is 0 Å². The average Bonchev–Trinajstić information content (AvgIpc) is 3.17. The Balaban J connectivity index is 1.74. The smallest absolute Gasteiger partial charge is 0.226 e. The molecular formula is C18H28N4O. The monoisotopic (exact) mass is 316 g/mol. The molecule has 0 radical (unpaired) electrons. The Bertz CT molecular complexity index is 596. The van der Waals surface area contributed by atoms with E-state index in [9.17, 15) is 4.79 Å². The van der Waals surface area contributed by atoms with Crippen LogP contribution >= 0.6 is 0 Å². The number of carbonyl (C=O) groups is 1. The Labute approximate surface area is 139 Å². The highest BCUT2D eigenvalue weighted by atomic mass is 16.2. The predicted octanol–water partition coefficient (Wildman–Crippen LogP) is 2.59. The van der Waals surface area contributed by atoms with Gasteiger partial charge in [-0.3, -0.25) is 9.69 Å². The van der Waals surface area contributed by atoms with Crippen molar-refractivity contribution in [3.63, 3.8) is 0 Å². The largest absolute Gasteiger partial charge is 0.331 e. The molecule has 1 amide bonds. The fourth-order valence-electron chi connectivity index (χ4n) is 3.48. The van der Waals surface area contributed by atoms with Gasteiger partial charge < -0.3 is 9.47 Å². The minimum Gasteiger partial charge on any atom is -0.331 e. The van der Waals surface area contributed by atoms with E-state index in [0.717, 1.165) is 38.3 Å². The van der Waals surface area contributed by atoms with Crippen LogP contribution in [0.4, 0.5) is 0 Å². The summed E-state index contributed by atoms with van der Waals surface area (Å²) < 4.78 is 2.31. The van der Waals surface area contributed by atoms with Gasteiger partial charge in [0.25, 0.3) is 0 Å². The first-order valence-electron chi connectivity index (χ1n) is 8.69. The Hall–Kier alpha value is -1.62. The molecule has 5 nitrogen and oxygen atoms in total. The summed E-state index contributed by atoms with van der Waals surface area (Å²) in [5.74, 6) is 1.46. The molecule has 0 bridgehead atoms. The van der Waals surface area contributed by atoms with Crippen LogP contribution < -0.4 is 0 Å². The maximum Gasteiger partial charge on any atom is 0.226 e. The molecule has 2 aliphatic rings. The molecule has 1 aromatic rings. The number of nitrogens with zero attached hydrogens (tertiary/aromatic N) is 4. The van der Waals surface area contributed by atoms with Crippen LogP contribution in [-0.2, 0) is 17.9 Å². The quantitative estimate of drug-likeness (QED) is 0.802. The van der Waals surface area contributed by atoms with Gasteiger partial charge in [-0.25, -0.2) is 4.98 Å². The van der Waals surface area contributed by atoms with Crippen molar-refractivity contribution >= 4 is 5.91 Å². The molecule has 2 heterocycles. The summed E-state index contributed by atoms with van der Waals surface area (Å²) in [5, 5.41) is 0. The Morgan fingerprint density at radius 1 is 1.35 bits per heavy atom. The molecule has 0 saturated carbocycles. The van der Waals surface area contributed by atoms with Gasteiger partial charge in [-0.2, -0.15) is 0 Å². The van der Waals surface area contributed by atoms with Crippen LogP contribution in [0.3, 0.4) is 0 Å². The van der Waals surface area contributed by atoms with E-state index in [0.29, 0.717) is 6.04 Å². The van der Waals surface area contributed by atoms with Crippen molar-refractivity contribution in [2.75, 3.05) is 13.6 Å². The fraction of sp³-hybridized carbons (Fsp3) is 0.667. The number of fused-ring (bicyclic) bond motifs is 1. The van der Waals surface area contributed by atoms with Crippen LogP contribution in [0, 0.1) is 5.92 Å². The Kier molecular flexibility index (Phi) is 4.57. The highest BCUT2D eigenvalue weighted by molar-refractivity contribution is 5.80. The van der Waals surface area contributed by atoms with Crippen molar-refractivity contribution in [3.05, 3.63) is 29.9 Å². The number of aromatic nitrogens is 2. The second-order valence-electron chi connectivity index (χ2n) is 7.12. The van der Waals surface area contributed by atoms with Gasteiger partial charge in [0, 0.05) is 37.8 Å². The van der Waals surface area contributed by atoms with Crippen LogP contribution in [0.5, 0.6) is 0 Å². The zero-order chi connectivity index (χ0) is 16.6. The molecule has 0 N–H and O–H groups in total. The second kappa shape index (κ2) is 6.48. The molecule has 5 heteroatoms. The standard InChI is InChI=1S/C18H28N4O/c1-13(2)20(4)12-16-11-19-17-14(3)21(9-10-22(16)17)18(23)15-7-5-6-8-15/h5-6,11,13-15H,7-10,12H2,1-4H3. The summed E-state index contributed by atoms with van der Waals surface area (Å²) in [6.45, 7) is 9.05. The lowest BCUT2D eigenvalue weighted by molar-refractivity contribution is -0.138. The van der Waals surface area contributed by atoms with Gasteiger partial charge in [0.1, 0.15) is 5.82 Å². The molecule has 1 unspecified atom stereocenters. The first-order chi connectivity index (χ1) is 11.0. The van der Waals surface area contributed by atoms with Crippen LogP contribution in [-0.4, -0.2) is 44.9 Å². The van der Waals surface area contributed by atoms with E-state index in [1.807, 2.05) is 11.1 Å². The van der Waals surface area contributed by atoms with E-state index in [2.05, 4.69) is 54.4 Å². The number of amides is 1. The Morgan fingerprint density at radius 2 is 2.04 bits per heavy atom. The number of rotatable bonds is 4. The summed E-state index contributed by atoms with van der Waals surface area (Å²) in [5.41, 5.74) is 1.25. The van der Waals surface area contributed by atoms with Crippen molar-refractivity contribution in [1.82, 2.24) is 19.4 Å². The number of allylic oxidation sites excluding steroid dienone is 2. The molecule has 3 rings (SSSR count). The summed E-state index contributed by atoms with van der Waals surface area (Å²) in [7, 11) is 2.14. The summed E-state index contributed by atoms with van der Waals surface area (Å²) >= 11 is 0. The minimum atomic E-state index is 0.0648. The number of imidazole rings is 1. The van der Waals surface area contributed by atoms with Gasteiger partial charge in [0.2, 0.25) is 5.91 Å². The summed E-state index contributed by atoms with van der Waals surface area (Å²) in [4.78, 5) is 21.7. The third kappa shape index (κ3) is 3.07. The van der Waals surface area contributed by atoms with Gasteiger partial charge in [-0.15, -0.1) is 0 Å².